The molecule has 2 aromatic carbocycles. The summed E-state index contributed by atoms with van der Waals surface area (Å²) in [6.45, 7) is 10.2. The molecule has 0 aliphatic carbocycles. The van der Waals surface area contributed by atoms with Gasteiger partial charge in [-0.3, -0.25) is 0 Å². The third-order valence-electron chi connectivity index (χ3n) is 4.57. The zero-order chi connectivity index (χ0) is 23.3. The first-order valence-corrected chi connectivity index (χ1v) is 12.5. The van der Waals surface area contributed by atoms with Gasteiger partial charge < -0.3 is 19.3 Å². The number of phenolic OH excluding ortho intramolecular Hbond substituents is 1. The summed E-state index contributed by atoms with van der Waals surface area (Å²) < 4.78 is 19.1. The number of ether oxygens (including phenoxy) is 3. The van der Waals surface area contributed by atoms with E-state index in [-0.39, 0.29) is 19.0 Å². The molecule has 0 bridgehead atoms. The standard InChI is InChI=1S/C22H22Br4O5/c1-5-17(27)30-7-8-31-21-15(24)9-12(10-16(21)25)22(3,4)13-11-14(23)19(28)18(26)20(13)29-6-2/h5,9-11,28H,1,6-8H2,2-4H3. The average Bonchev–Trinajstić information content (AvgIpc) is 2.72. The minimum absolute atomic E-state index is 0.0891. The molecule has 0 unspecified atom stereocenters. The minimum atomic E-state index is -0.491. The monoisotopic (exact) mass is 682 g/mol. The van der Waals surface area contributed by atoms with E-state index in [1.54, 1.807) is 0 Å². The van der Waals surface area contributed by atoms with E-state index in [2.05, 4.69) is 84.1 Å². The first-order valence-electron chi connectivity index (χ1n) is 9.30. The van der Waals surface area contributed by atoms with Gasteiger partial charge in [0.05, 0.1) is 20.0 Å². The van der Waals surface area contributed by atoms with Gasteiger partial charge in [-0.05, 0) is 94.4 Å². The quantitative estimate of drug-likeness (QED) is 0.171. The fourth-order valence-corrected chi connectivity index (χ4v) is 5.55. The molecule has 168 valence electrons. The lowest BCUT2D eigenvalue weighted by atomic mass is 9.77. The highest BCUT2D eigenvalue weighted by molar-refractivity contribution is 9.11. The van der Waals surface area contributed by atoms with Crippen LogP contribution in [-0.4, -0.2) is 30.9 Å². The highest BCUT2D eigenvalue weighted by Gasteiger charge is 2.31. The summed E-state index contributed by atoms with van der Waals surface area (Å²) in [6.07, 6.45) is 1.11. The van der Waals surface area contributed by atoms with Crippen molar-refractivity contribution in [3.63, 3.8) is 0 Å². The van der Waals surface area contributed by atoms with E-state index in [4.69, 9.17) is 14.2 Å². The maximum atomic E-state index is 11.1. The third-order valence-corrected chi connectivity index (χ3v) is 7.09. The van der Waals surface area contributed by atoms with Crippen molar-refractivity contribution in [2.24, 2.45) is 0 Å². The topological polar surface area (TPSA) is 65.0 Å². The molecule has 2 aromatic rings. The van der Waals surface area contributed by atoms with Gasteiger partial charge >= 0.3 is 5.97 Å². The van der Waals surface area contributed by atoms with E-state index in [9.17, 15) is 9.90 Å². The van der Waals surface area contributed by atoms with Gasteiger partial charge in [0.1, 0.15) is 34.9 Å². The van der Waals surface area contributed by atoms with Crippen LogP contribution >= 0.6 is 63.7 Å². The van der Waals surface area contributed by atoms with E-state index < -0.39 is 11.4 Å². The SMILES string of the molecule is C=CC(=O)OCCOc1c(Br)cc(C(C)(C)c2cc(Br)c(O)c(Br)c2OCC)cc1Br. The largest absolute Gasteiger partial charge is 0.505 e. The van der Waals surface area contributed by atoms with Gasteiger partial charge in [-0.2, -0.15) is 0 Å². The Hall–Kier alpha value is -1.03. The van der Waals surface area contributed by atoms with Crippen molar-refractivity contribution in [3.8, 4) is 17.2 Å². The molecule has 0 aromatic heterocycles. The zero-order valence-electron chi connectivity index (χ0n) is 17.2. The van der Waals surface area contributed by atoms with Crippen LogP contribution in [0, 0.1) is 0 Å². The number of carbonyl (C=O) groups excluding carboxylic acids is 1. The Bertz CT molecular complexity index is 965. The van der Waals surface area contributed by atoms with Crippen LogP contribution in [0.1, 0.15) is 31.9 Å². The Morgan fingerprint density at radius 1 is 1.03 bits per heavy atom. The molecule has 31 heavy (non-hydrogen) atoms. The summed E-state index contributed by atoms with van der Waals surface area (Å²) in [5.41, 5.74) is 1.41. The van der Waals surface area contributed by atoms with Gasteiger partial charge in [0.15, 0.2) is 0 Å². The molecule has 0 amide bonds. The van der Waals surface area contributed by atoms with Gasteiger partial charge in [-0.1, -0.05) is 20.4 Å². The minimum Gasteiger partial charge on any atom is -0.505 e. The highest BCUT2D eigenvalue weighted by Crippen LogP contribution is 2.49. The van der Waals surface area contributed by atoms with E-state index in [0.717, 1.165) is 26.1 Å². The molecule has 5 nitrogen and oxygen atoms in total. The summed E-state index contributed by atoms with van der Waals surface area (Å²) in [6, 6.07) is 5.81. The molecule has 0 saturated carbocycles. The number of aromatic hydroxyl groups is 1. The van der Waals surface area contributed by atoms with Crippen molar-refractivity contribution in [1.29, 1.82) is 0 Å². The molecule has 0 heterocycles. The molecule has 0 atom stereocenters. The van der Waals surface area contributed by atoms with Crippen molar-refractivity contribution in [1.82, 2.24) is 0 Å². The number of halogens is 4. The smallest absolute Gasteiger partial charge is 0.330 e. The van der Waals surface area contributed by atoms with Crippen LogP contribution in [0.15, 0.2) is 48.7 Å². The number of benzene rings is 2. The maximum absolute atomic E-state index is 11.1. The second kappa shape index (κ2) is 11.2. The zero-order valence-corrected chi connectivity index (χ0v) is 23.6. The van der Waals surface area contributed by atoms with Gasteiger partial charge in [-0.25, -0.2) is 4.79 Å². The summed E-state index contributed by atoms with van der Waals surface area (Å²) in [5.74, 6) is 0.790. The third kappa shape index (κ3) is 6.06. The van der Waals surface area contributed by atoms with Crippen molar-refractivity contribution in [2.75, 3.05) is 19.8 Å². The lowest BCUT2D eigenvalue weighted by Gasteiger charge is -2.30. The van der Waals surface area contributed by atoms with Crippen molar-refractivity contribution < 1.29 is 24.1 Å². The second-order valence-corrected chi connectivity index (χ2v) is 10.3. The highest BCUT2D eigenvalue weighted by atomic mass is 79.9. The molecular weight excluding hydrogens is 664 g/mol. The Morgan fingerprint density at radius 2 is 1.65 bits per heavy atom. The van der Waals surface area contributed by atoms with E-state index >= 15 is 0 Å². The van der Waals surface area contributed by atoms with Gasteiger partial charge in [0.2, 0.25) is 0 Å². The maximum Gasteiger partial charge on any atom is 0.330 e. The predicted octanol–water partition coefficient (Wildman–Crippen LogP) is 7.27. The lowest BCUT2D eigenvalue weighted by molar-refractivity contribution is -0.138. The van der Waals surface area contributed by atoms with Crippen molar-refractivity contribution in [3.05, 3.63) is 59.9 Å². The Balaban J connectivity index is 2.40. The van der Waals surface area contributed by atoms with Crippen LogP contribution in [0.25, 0.3) is 0 Å². The first kappa shape index (κ1) is 26.2. The number of phenols is 1. The van der Waals surface area contributed by atoms with E-state index in [0.29, 0.717) is 27.1 Å². The van der Waals surface area contributed by atoms with Crippen LogP contribution in [0.5, 0.6) is 17.2 Å². The van der Waals surface area contributed by atoms with Crippen LogP contribution < -0.4 is 9.47 Å². The predicted molar refractivity (Wildman–Crippen MR) is 135 cm³/mol. The van der Waals surface area contributed by atoms with Gasteiger partial charge in [0, 0.05) is 17.1 Å². The summed E-state index contributed by atoms with van der Waals surface area (Å²) >= 11 is 14.0. The summed E-state index contributed by atoms with van der Waals surface area (Å²) in [5, 5.41) is 10.3. The molecule has 1 N–H and O–H groups in total. The Labute approximate surface area is 215 Å². The molecule has 0 saturated heterocycles. The van der Waals surface area contributed by atoms with Crippen LogP contribution in [-0.2, 0) is 14.9 Å². The van der Waals surface area contributed by atoms with Crippen LogP contribution in [0.4, 0.5) is 0 Å². The molecule has 0 radical (unpaired) electrons. The normalized spacial score (nSPS) is 11.2. The van der Waals surface area contributed by atoms with E-state index in [1.807, 2.05) is 25.1 Å². The summed E-state index contributed by atoms with van der Waals surface area (Å²) in [4.78, 5) is 11.1. The first-order chi connectivity index (χ1) is 14.5. The van der Waals surface area contributed by atoms with Gasteiger partial charge in [-0.15, -0.1) is 0 Å². The van der Waals surface area contributed by atoms with Gasteiger partial charge in [0.25, 0.3) is 0 Å². The molecule has 9 heteroatoms. The van der Waals surface area contributed by atoms with Crippen molar-refractivity contribution >= 4 is 69.7 Å². The second-order valence-electron chi connectivity index (χ2n) is 6.94. The molecule has 0 spiro atoms. The lowest BCUT2D eigenvalue weighted by Crippen LogP contribution is -2.21. The molecule has 0 aliphatic rings. The Kier molecular flexibility index (Phi) is 9.48. The molecule has 2 rings (SSSR count). The summed E-state index contributed by atoms with van der Waals surface area (Å²) in [7, 11) is 0. The van der Waals surface area contributed by atoms with Crippen LogP contribution in [0.2, 0.25) is 0 Å². The molecular formula is C22H22Br4O5. The van der Waals surface area contributed by atoms with E-state index in [1.165, 1.54) is 0 Å². The van der Waals surface area contributed by atoms with Crippen molar-refractivity contribution in [2.45, 2.75) is 26.2 Å². The fraction of sp³-hybridized carbons (Fsp3) is 0.318. The molecule has 0 aliphatic heterocycles. The number of hydrogen-bond donors (Lipinski definition) is 1. The number of carbonyl (C=O) groups is 1. The molecule has 0 fully saturated rings. The number of esters is 1. The van der Waals surface area contributed by atoms with Crippen LogP contribution in [0.3, 0.4) is 0 Å². The average molecular weight is 686 g/mol. The Morgan fingerprint density at radius 3 is 2.19 bits per heavy atom. The fourth-order valence-electron chi connectivity index (χ4n) is 2.90. The number of rotatable bonds is 9. The number of hydrogen-bond acceptors (Lipinski definition) is 5.